The molecule has 0 aliphatic carbocycles. The molecular weight excluding hydrogens is 215 g/mol. The summed E-state index contributed by atoms with van der Waals surface area (Å²) in [5.74, 6) is 0. The van der Waals surface area contributed by atoms with Crippen LogP contribution in [0.4, 0.5) is 0 Å². The third-order valence-corrected chi connectivity index (χ3v) is 2.92. The molecule has 1 aliphatic rings. The van der Waals surface area contributed by atoms with Crippen molar-refractivity contribution >= 4 is 12.6 Å². The number of hydrogen-bond acceptors (Lipinski definition) is 3. The Kier molecular flexibility index (Phi) is 3.57. The predicted molar refractivity (Wildman–Crippen MR) is 68.1 cm³/mol. The topological polar surface area (TPSA) is 38.7 Å². The average molecular weight is 234 g/mol. The minimum absolute atomic E-state index is 0.0817. The highest BCUT2D eigenvalue weighted by Crippen LogP contribution is 2.21. The van der Waals surface area contributed by atoms with Gasteiger partial charge in [-0.15, -0.1) is 0 Å². The van der Waals surface area contributed by atoms with Gasteiger partial charge in [0.2, 0.25) is 0 Å². The monoisotopic (exact) mass is 234 g/mol. The Balaban J connectivity index is 2.10. The molecule has 1 heterocycles. The van der Waals surface area contributed by atoms with E-state index in [9.17, 15) is 5.11 Å². The first-order chi connectivity index (χ1) is 7.98. The summed E-state index contributed by atoms with van der Waals surface area (Å²) in [5.41, 5.74) is 1.94. The molecule has 1 N–H and O–H groups in total. The van der Waals surface area contributed by atoms with Crippen LogP contribution >= 0.6 is 0 Å². The zero-order valence-corrected chi connectivity index (χ0v) is 10.6. The molecule has 1 aliphatic heterocycles. The molecule has 4 heteroatoms. The van der Waals surface area contributed by atoms with Crippen LogP contribution in [-0.2, 0) is 9.31 Å². The Hall–Kier alpha value is -0.835. The summed E-state index contributed by atoms with van der Waals surface area (Å²) < 4.78 is 11.4. The molecular formula is C13H19BO3. The number of hydrogen-bond donors (Lipinski definition) is 1. The molecule has 0 saturated carbocycles. The van der Waals surface area contributed by atoms with Gasteiger partial charge in [0.25, 0.3) is 0 Å². The Morgan fingerprint density at radius 1 is 1.29 bits per heavy atom. The molecule has 0 radical (unpaired) electrons. The summed E-state index contributed by atoms with van der Waals surface area (Å²) in [7, 11) is -0.304. The molecule has 0 unspecified atom stereocenters. The van der Waals surface area contributed by atoms with Gasteiger partial charge in [-0.3, -0.25) is 0 Å². The van der Waals surface area contributed by atoms with E-state index in [0.29, 0.717) is 13.2 Å². The standard InChI is InChI=1S/C13H19BO3/c1-10(15)11-5-4-6-12(7-11)14-16-8-13(2,3)9-17-14/h4-7,10,15H,8-9H2,1-3H3/t10-/m0/s1. The summed E-state index contributed by atoms with van der Waals surface area (Å²) in [4.78, 5) is 0. The number of aliphatic hydroxyl groups excluding tert-OH is 1. The molecule has 3 nitrogen and oxygen atoms in total. The van der Waals surface area contributed by atoms with Gasteiger partial charge in [-0.05, 0) is 17.9 Å². The van der Waals surface area contributed by atoms with Gasteiger partial charge in [-0.2, -0.15) is 0 Å². The fourth-order valence-corrected chi connectivity index (χ4v) is 1.85. The summed E-state index contributed by atoms with van der Waals surface area (Å²) in [6.45, 7) is 7.38. The molecule has 0 spiro atoms. The summed E-state index contributed by atoms with van der Waals surface area (Å²) in [5, 5.41) is 9.55. The van der Waals surface area contributed by atoms with E-state index < -0.39 is 6.10 Å². The maximum absolute atomic E-state index is 9.55. The van der Waals surface area contributed by atoms with Crippen molar-refractivity contribution < 1.29 is 14.4 Å². The number of benzene rings is 1. The summed E-state index contributed by atoms with van der Waals surface area (Å²) in [6, 6.07) is 7.73. The van der Waals surface area contributed by atoms with E-state index in [1.54, 1.807) is 6.92 Å². The second-order valence-electron chi connectivity index (χ2n) is 5.46. The van der Waals surface area contributed by atoms with Crippen molar-refractivity contribution in [2.24, 2.45) is 5.41 Å². The average Bonchev–Trinajstić information content (AvgIpc) is 2.29. The smallest absolute Gasteiger partial charge is 0.407 e. The maximum atomic E-state index is 9.55. The molecule has 2 rings (SSSR count). The second-order valence-corrected chi connectivity index (χ2v) is 5.46. The van der Waals surface area contributed by atoms with Crippen molar-refractivity contribution in [2.45, 2.75) is 26.9 Å². The highest BCUT2D eigenvalue weighted by atomic mass is 16.6. The number of aliphatic hydroxyl groups is 1. The van der Waals surface area contributed by atoms with E-state index in [2.05, 4.69) is 13.8 Å². The fraction of sp³-hybridized carbons (Fsp3) is 0.538. The normalized spacial score (nSPS) is 21.3. The SMILES string of the molecule is C[C@H](O)c1cccc(B2OCC(C)(C)CO2)c1. The Morgan fingerprint density at radius 2 is 1.94 bits per heavy atom. The van der Waals surface area contributed by atoms with E-state index in [0.717, 1.165) is 11.0 Å². The van der Waals surface area contributed by atoms with E-state index >= 15 is 0 Å². The summed E-state index contributed by atoms with van der Waals surface area (Å²) in [6.07, 6.45) is -0.463. The van der Waals surface area contributed by atoms with E-state index in [1.165, 1.54) is 0 Å². The van der Waals surface area contributed by atoms with Gasteiger partial charge in [-0.25, -0.2) is 0 Å². The minimum atomic E-state index is -0.463. The van der Waals surface area contributed by atoms with E-state index in [-0.39, 0.29) is 12.5 Å². The molecule has 0 amide bonds. The van der Waals surface area contributed by atoms with Gasteiger partial charge < -0.3 is 14.4 Å². The van der Waals surface area contributed by atoms with Crippen LogP contribution in [0, 0.1) is 5.41 Å². The van der Waals surface area contributed by atoms with Crippen LogP contribution in [0.25, 0.3) is 0 Å². The predicted octanol–water partition coefficient (Wildman–Crippen LogP) is 1.51. The van der Waals surface area contributed by atoms with Crippen molar-refractivity contribution in [3.63, 3.8) is 0 Å². The van der Waals surface area contributed by atoms with Crippen molar-refractivity contribution in [1.82, 2.24) is 0 Å². The third kappa shape index (κ3) is 3.09. The lowest BCUT2D eigenvalue weighted by molar-refractivity contribution is 0.0343. The van der Waals surface area contributed by atoms with Crippen LogP contribution in [0.5, 0.6) is 0 Å². The van der Waals surface area contributed by atoms with E-state index in [4.69, 9.17) is 9.31 Å². The van der Waals surface area contributed by atoms with Crippen LogP contribution in [0.2, 0.25) is 0 Å². The zero-order valence-electron chi connectivity index (χ0n) is 10.6. The molecule has 1 aromatic carbocycles. The van der Waals surface area contributed by atoms with Crippen LogP contribution in [0.1, 0.15) is 32.4 Å². The highest BCUT2D eigenvalue weighted by Gasteiger charge is 2.33. The largest absolute Gasteiger partial charge is 0.493 e. The summed E-state index contributed by atoms with van der Waals surface area (Å²) >= 11 is 0. The lowest BCUT2D eigenvalue weighted by Gasteiger charge is -2.33. The minimum Gasteiger partial charge on any atom is -0.407 e. The quantitative estimate of drug-likeness (QED) is 0.788. The molecule has 17 heavy (non-hydrogen) atoms. The number of rotatable bonds is 2. The molecule has 1 atom stereocenters. The van der Waals surface area contributed by atoms with E-state index in [1.807, 2.05) is 24.3 Å². The molecule has 0 bridgehead atoms. The van der Waals surface area contributed by atoms with Gasteiger partial charge in [0, 0.05) is 18.6 Å². The maximum Gasteiger partial charge on any atom is 0.493 e. The van der Waals surface area contributed by atoms with Gasteiger partial charge in [0.1, 0.15) is 0 Å². The highest BCUT2D eigenvalue weighted by molar-refractivity contribution is 6.61. The Bertz CT molecular complexity index is 380. The van der Waals surface area contributed by atoms with Crippen LogP contribution in [0.3, 0.4) is 0 Å². The Morgan fingerprint density at radius 3 is 2.53 bits per heavy atom. The zero-order chi connectivity index (χ0) is 12.5. The fourth-order valence-electron chi connectivity index (χ4n) is 1.85. The molecule has 92 valence electrons. The first-order valence-corrected chi connectivity index (χ1v) is 5.99. The lowest BCUT2D eigenvalue weighted by atomic mass is 9.75. The van der Waals surface area contributed by atoms with Crippen molar-refractivity contribution in [3.8, 4) is 0 Å². The van der Waals surface area contributed by atoms with Crippen molar-refractivity contribution in [2.75, 3.05) is 13.2 Å². The second kappa shape index (κ2) is 4.80. The van der Waals surface area contributed by atoms with Crippen molar-refractivity contribution in [3.05, 3.63) is 29.8 Å². The molecule has 1 saturated heterocycles. The van der Waals surface area contributed by atoms with Gasteiger partial charge in [-0.1, -0.05) is 38.1 Å². The molecule has 1 fully saturated rings. The van der Waals surface area contributed by atoms with Crippen molar-refractivity contribution in [1.29, 1.82) is 0 Å². The van der Waals surface area contributed by atoms with Crippen LogP contribution in [-0.4, -0.2) is 25.4 Å². The third-order valence-electron chi connectivity index (χ3n) is 2.92. The lowest BCUT2D eigenvalue weighted by Crippen LogP contribution is -2.47. The molecule has 1 aromatic rings. The van der Waals surface area contributed by atoms with Crippen LogP contribution in [0.15, 0.2) is 24.3 Å². The molecule has 0 aromatic heterocycles. The van der Waals surface area contributed by atoms with Crippen LogP contribution < -0.4 is 5.46 Å². The van der Waals surface area contributed by atoms with Gasteiger partial charge in [0.05, 0.1) is 6.10 Å². The first kappa shape index (κ1) is 12.6. The van der Waals surface area contributed by atoms with Gasteiger partial charge in [0.15, 0.2) is 0 Å². The Labute approximate surface area is 103 Å². The first-order valence-electron chi connectivity index (χ1n) is 5.99. The van der Waals surface area contributed by atoms with Gasteiger partial charge >= 0.3 is 7.12 Å².